The average Bonchev–Trinajstić information content (AvgIpc) is 3.58. The van der Waals surface area contributed by atoms with Crippen LogP contribution in [0, 0.1) is 5.92 Å². The van der Waals surface area contributed by atoms with Gasteiger partial charge in [-0.15, -0.1) is 0 Å². The van der Waals surface area contributed by atoms with Gasteiger partial charge in [0.15, 0.2) is 23.6 Å². The highest BCUT2D eigenvalue weighted by atomic mass is 16.5. The molecule has 0 bridgehead atoms. The predicted molar refractivity (Wildman–Crippen MR) is 159 cm³/mol. The van der Waals surface area contributed by atoms with E-state index in [1.807, 2.05) is 30.3 Å². The standard InChI is InChI=1S/C33H33N3O7/c37-24-6-3-4-20(14-24)18-42-31-26-9-8-22(33(39)40)16-27(26)36-17-23(15-21-5-1-2-7-25(21)29(31)36)30-28(34-19-43-30)32(38)35-10-12-41-13-11-35/h1-2,5,7-9,15-16,19-20,24,37H,3-4,6,10-14,17-18H2,(H,39,40). The number of benzene rings is 2. The van der Waals surface area contributed by atoms with Crippen molar-refractivity contribution in [3.63, 3.8) is 0 Å². The van der Waals surface area contributed by atoms with Crippen molar-refractivity contribution in [3.05, 3.63) is 71.4 Å². The summed E-state index contributed by atoms with van der Waals surface area (Å²) in [6.45, 7) is 2.66. The van der Waals surface area contributed by atoms with Crippen molar-refractivity contribution in [2.75, 3.05) is 32.9 Å². The number of aliphatic hydroxyl groups is 1. The van der Waals surface area contributed by atoms with Crippen LogP contribution in [0.25, 0.3) is 33.8 Å². The molecule has 222 valence electrons. The third kappa shape index (κ3) is 5.10. The highest BCUT2D eigenvalue weighted by molar-refractivity contribution is 6.04. The minimum Gasteiger partial charge on any atom is -0.490 e. The first kappa shape index (κ1) is 27.4. The van der Waals surface area contributed by atoms with E-state index < -0.39 is 5.97 Å². The highest BCUT2D eigenvalue weighted by Gasteiger charge is 2.31. The Morgan fingerprint density at radius 3 is 2.74 bits per heavy atom. The Morgan fingerprint density at radius 1 is 1.09 bits per heavy atom. The first-order valence-electron chi connectivity index (χ1n) is 14.8. The van der Waals surface area contributed by atoms with Crippen molar-refractivity contribution in [3.8, 4) is 17.0 Å². The Kier molecular flexibility index (Phi) is 7.24. The zero-order valence-corrected chi connectivity index (χ0v) is 23.7. The fourth-order valence-electron chi connectivity index (χ4n) is 6.57. The molecule has 1 amide bonds. The molecule has 1 aliphatic carbocycles. The molecule has 2 unspecified atom stereocenters. The van der Waals surface area contributed by atoms with Crippen molar-refractivity contribution < 1.29 is 33.7 Å². The Labute approximate surface area is 248 Å². The first-order valence-corrected chi connectivity index (χ1v) is 14.8. The fourth-order valence-corrected chi connectivity index (χ4v) is 6.57. The van der Waals surface area contributed by atoms with Gasteiger partial charge in [0.2, 0.25) is 0 Å². The number of oxazole rings is 1. The number of carboxylic acid groups (broad SMARTS) is 1. The van der Waals surface area contributed by atoms with Gasteiger partial charge in [-0.25, -0.2) is 9.78 Å². The minimum atomic E-state index is -1.02. The normalized spacial score (nSPS) is 20.2. The summed E-state index contributed by atoms with van der Waals surface area (Å²) in [4.78, 5) is 31.6. The maximum atomic E-state index is 13.5. The lowest BCUT2D eigenvalue weighted by Gasteiger charge is -2.26. The van der Waals surface area contributed by atoms with Gasteiger partial charge in [0.1, 0.15) is 0 Å². The average molecular weight is 584 g/mol. The number of aromatic carboxylic acids is 1. The Bertz CT molecular complexity index is 1730. The SMILES string of the molecule is O=C(O)c1ccc2c(OCC3CCCC(O)C3)c3n(c2c1)CC(c1ocnc1C(=O)N1CCOCC1)=Cc1ccccc1-3. The van der Waals surface area contributed by atoms with Crippen molar-refractivity contribution in [1.82, 2.24) is 14.5 Å². The van der Waals surface area contributed by atoms with Crippen LogP contribution in [0.4, 0.5) is 0 Å². The quantitative estimate of drug-likeness (QED) is 0.327. The number of nitrogens with zero attached hydrogens (tertiary/aromatic N) is 3. The third-order valence-corrected chi connectivity index (χ3v) is 8.72. The Balaban J connectivity index is 1.36. The molecule has 10 heteroatoms. The van der Waals surface area contributed by atoms with E-state index in [0.29, 0.717) is 62.9 Å². The van der Waals surface area contributed by atoms with Gasteiger partial charge < -0.3 is 33.6 Å². The second-order valence-electron chi connectivity index (χ2n) is 11.5. The number of aromatic nitrogens is 2. The molecule has 10 nitrogen and oxygen atoms in total. The molecule has 4 heterocycles. The lowest BCUT2D eigenvalue weighted by atomic mass is 9.88. The molecular weight excluding hydrogens is 550 g/mol. The molecule has 2 N–H and O–H groups in total. The summed E-state index contributed by atoms with van der Waals surface area (Å²) in [5, 5.41) is 20.9. The summed E-state index contributed by atoms with van der Waals surface area (Å²) < 4.78 is 20.0. The number of hydrogen-bond acceptors (Lipinski definition) is 7. The van der Waals surface area contributed by atoms with Crippen molar-refractivity contribution in [2.45, 2.75) is 38.3 Å². The summed E-state index contributed by atoms with van der Waals surface area (Å²) in [5.41, 5.74) is 4.51. The van der Waals surface area contributed by atoms with E-state index in [9.17, 15) is 19.8 Å². The van der Waals surface area contributed by atoms with E-state index in [-0.39, 0.29) is 29.2 Å². The van der Waals surface area contributed by atoms with Crippen molar-refractivity contribution >= 4 is 34.4 Å². The molecule has 0 radical (unpaired) electrons. The molecule has 0 spiro atoms. The summed E-state index contributed by atoms with van der Waals surface area (Å²) >= 11 is 0. The first-order chi connectivity index (χ1) is 21.0. The summed E-state index contributed by atoms with van der Waals surface area (Å²) in [7, 11) is 0. The van der Waals surface area contributed by atoms with Crippen LogP contribution in [0.2, 0.25) is 0 Å². The number of carbonyl (C=O) groups is 2. The van der Waals surface area contributed by atoms with Gasteiger partial charge in [0.05, 0.1) is 49.2 Å². The number of allylic oxidation sites excluding steroid dienone is 1. The van der Waals surface area contributed by atoms with Gasteiger partial charge in [0, 0.05) is 29.6 Å². The van der Waals surface area contributed by atoms with Gasteiger partial charge in [-0.2, -0.15) is 0 Å². The fraction of sp³-hybridized carbons (Fsp3) is 0.364. The molecule has 2 aromatic heterocycles. The molecule has 7 rings (SSSR count). The van der Waals surface area contributed by atoms with Crippen molar-refractivity contribution in [2.24, 2.45) is 5.92 Å². The number of carbonyl (C=O) groups excluding carboxylic acids is 1. The largest absolute Gasteiger partial charge is 0.490 e. The molecule has 2 aliphatic heterocycles. The van der Waals surface area contributed by atoms with Crippen LogP contribution in [0.15, 0.2) is 53.3 Å². The van der Waals surface area contributed by atoms with Crippen LogP contribution in [0.3, 0.4) is 0 Å². The second kappa shape index (κ2) is 11.3. The second-order valence-corrected chi connectivity index (χ2v) is 11.5. The van der Waals surface area contributed by atoms with Gasteiger partial charge in [-0.1, -0.05) is 30.7 Å². The monoisotopic (exact) mass is 583 g/mol. The number of amides is 1. The summed E-state index contributed by atoms with van der Waals surface area (Å²) in [6, 6.07) is 13.0. The van der Waals surface area contributed by atoms with Crippen LogP contribution in [-0.4, -0.2) is 75.6 Å². The van der Waals surface area contributed by atoms with Crippen LogP contribution >= 0.6 is 0 Å². The molecule has 4 aromatic rings. The highest BCUT2D eigenvalue weighted by Crippen LogP contribution is 2.46. The Hall–Kier alpha value is -4.41. The zero-order chi connectivity index (χ0) is 29.5. The van der Waals surface area contributed by atoms with Gasteiger partial charge in [0.25, 0.3) is 5.91 Å². The molecule has 3 aliphatic rings. The summed E-state index contributed by atoms with van der Waals surface area (Å²) in [6.07, 6.45) is 6.46. The number of aliphatic hydroxyl groups excluding tert-OH is 1. The smallest absolute Gasteiger partial charge is 0.335 e. The van der Waals surface area contributed by atoms with Gasteiger partial charge in [-0.3, -0.25) is 4.79 Å². The van der Waals surface area contributed by atoms with E-state index in [1.54, 1.807) is 23.1 Å². The van der Waals surface area contributed by atoms with Crippen LogP contribution < -0.4 is 4.74 Å². The number of hydrogen-bond donors (Lipinski definition) is 2. The van der Waals surface area contributed by atoms with E-state index in [2.05, 4.69) is 9.55 Å². The van der Waals surface area contributed by atoms with Crippen LogP contribution in [-0.2, 0) is 11.3 Å². The van der Waals surface area contributed by atoms with E-state index in [4.69, 9.17) is 13.9 Å². The van der Waals surface area contributed by atoms with Crippen LogP contribution in [0.5, 0.6) is 5.75 Å². The minimum absolute atomic E-state index is 0.167. The molecule has 2 aromatic carbocycles. The molecule has 2 fully saturated rings. The topological polar surface area (TPSA) is 127 Å². The zero-order valence-electron chi connectivity index (χ0n) is 23.7. The summed E-state index contributed by atoms with van der Waals surface area (Å²) in [5.74, 6) is 0.0556. The number of ether oxygens (including phenoxy) is 2. The molecule has 43 heavy (non-hydrogen) atoms. The molecular formula is C33H33N3O7. The van der Waals surface area contributed by atoms with Crippen LogP contribution in [0.1, 0.15) is 57.9 Å². The van der Waals surface area contributed by atoms with E-state index in [0.717, 1.165) is 47.0 Å². The van der Waals surface area contributed by atoms with Crippen molar-refractivity contribution in [1.29, 1.82) is 0 Å². The predicted octanol–water partition coefficient (Wildman–Crippen LogP) is 4.95. The number of rotatable bonds is 6. The number of carboxylic acids is 1. The van der Waals surface area contributed by atoms with E-state index >= 15 is 0 Å². The molecule has 1 saturated heterocycles. The molecule has 1 saturated carbocycles. The molecule has 2 atom stereocenters. The third-order valence-electron chi connectivity index (χ3n) is 8.72. The van der Waals surface area contributed by atoms with E-state index in [1.165, 1.54) is 6.39 Å². The maximum absolute atomic E-state index is 13.5. The lowest BCUT2D eigenvalue weighted by molar-refractivity contribution is 0.0298. The Morgan fingerprint density at radius 2 is 1.93 bits per heavy atom. The number of morpholine rings is 1. The van der Waals surface area contributed by atoms with Gasteiger partial charge >= 0.3 is 5.97 Å². The number of fused-ring (bicyclic) bond motifs is 5. The maximum Gasteiger partial charge on any atom is 0.335 e. The van der Waals surface area contributed by atoms with Gasteiger partial charge in [-0.05, 0) is 55.0 Å². The lowest BCUT2D eigenvalue weighted by Crippen LogP contribution is -2.41.